The predicted octanol–water partition coefficient (Wildman–Crippen LogP) is 4.11. The normalized spacial score (nSPS) is 15.4. The molecule has 1 saturated carbocycles. The first kappa shape index (κ1) is 16.1. The maximum absolute atomic E-state index is 12.6. The van der Waals surface area contributed by atoms with Crippen molar-refractivity contribution >= 4 is 23.2 Å². The lowest BCUT2D eigenvalue weighted by Gasteiger charge is -2.22. The highest BCUT2D eigenvalue weighted by molar-refractivity contribution is 6.30. The van der Waals surface area contributed by atoms with Crippen molar-refractivity contribution in [2.75, 3.05) is 0 Å². The lowest BCUT2D eigenvalue weighted by Crippen LogP contribution is -2.36. The average Bonchev–Trinajstić information content (AvgIpc) is 3.05. The van der Waals surface area contributed by atoms with Gasteiger partial charge in [0.05, 0.1) is 6.20 Å². The highest BCUT2D eigenvalue weighted by Gasteiger charge is 2.18. The Kier molecular flexibility index (Phi) is 4.40. The molecule has 3 aromatic rings. The zero-order valence-corrected chi connectivity index (χ0v) is 14.5. The van der Waals surface area contributed by atoms with Gasteiger partial charge in [-0.15, -0.1) is 0 Å². The Morgan fingerprint density at radius 2 is 2.04 bits per heavy atom. The molecule has 25 heavy (non-hydrogen) atoms. The zero-order valence-electron chi connectivity index (χ0n) is 13.8. The number of nitrogens with one attached hydrogen (secondary N) is 1. The summed E-state index contributed by atoms with van der Waals surface area (Å²) < 4.78 is 1.67. The van der Waals surface area contributed by atoms with Crippen molar-refractivity contribution in [1.29, 1.82) is 0 Å². The smallest absolute Gasteiger partial charge is 0.270 e. The second-order valence-corrected chi connectivity index (χ2v) is 6.89. The second kappa shape index (κ2) is 6.84. The molecular formula is C19H19ClN4O. The van der Waals surface area contributed by atoms with Crippen LogP contribution in [0.4, 0.5) is 0 Å². The molecule has 1 aliphatic rings. The van der Waals surface area contributed by atoms with E-state index >= 15 is 0 Å². The fourth-order valence-corrected chi connectivity index (χ4v) is 3.55. The summed E-state index contributed by atoms with van der Waals surface area (Å²) in [4.78, 5) is 17.1. The van der Waals surface area contributed by atoms with E-state index in [9.17, 15) is 4.79 Å². The topological polar surface area (TPSA) is 59.3 Å². The summed E-state index contributed by atoms with van der Waals surface area (Å²) in [6.45, 7) is 0. The minimum absolute atomic E-state index is 0.118. The van der Waals surface area contributed by atoms with Gasteiger partial charge in [-0.05, 0) is 36.6 Å². The Hall–Kier alpha value is -2.40. The number of hydrogen-bond donors (Lipinski definition) is 1. The molecule has 0 radical (unpaired) electrons. The number of rotatable bonds is 3. The van der Waals surface area contributed by atoms with Crippen molar-refractivity contribution < 1.29 is 4.79 Å². The molecule has 0 atom stereocenters. The number of carbonyl (C=O) groups is 1. The summed E-state index contributed by atoms with van der Waals surface area (Å²) in [7, 11) is 0. The van der Waals surface area contributed by atoms with E-state index in [0.717, 1.165) is 24.0 Å². The monoisotopic (exact) mass is 354 g/mol. The summed E-state index contributed by atoms with van der Waals surface area (Å²) >= 11 is 6.09. The first-order valence-corrected chi connectivity index (χ1v) is 9.00. The van der Waals surface area contributed by atoms with Crippen molar-refractivity contribution in [2.45, 2.75) is 38.1 Å². The van der Waals surface area contributed by atoms with Crippen LogP contribution in [0, 0.1) is 0 Å². The summed E-state index contributed by atoms with van der Waals surface area (Å²) in [5.74, 6) is -0.118. The Morgan fingerprint density at radius 1 is 1.20 bits per heavy atom. The summed E-state index contributed by atoms with van der Waals surface area (Å²) in [5, 5.41) is 8.08. The number of fused-ring (bicyclic) bond motifs is 1. The van der Waals surface area contributed by atoms with Gasteiger partial charge in [-0.3, -0.25) is 4.79 Å². The molecule has 0 bridgehead atoms. The van der Waals surface area contributed by atoms with Crippen LogP contribution >= 0.6 is 11.6 Å². The van der Waals surface area contributed by atoms with Crippen molar-refractivity contribution in [2.24, 2.45) is 0 Å². The maximum Gasteiger partial charge on any atom is 0.270 e. The number of halogens is 1. The number of nitrogens with zero attached hydrogens (tertiary/aromatic N) is 3. The largest absolute Gasteiger partial charge is 0.348 e. The van der Waals surface area contributed by atoms with E-state index in [-0.39, 0.29) is 11.9 Å². The Morgan fingerprint density at radius 3 is 2.84 bits per heavy atom. The fraction of sp³-hybridized carbons (Fsp3) is 0.316. The molecule has 2 aromatic heterocycles. The average molecular weight is 355 g/mol. The van der Waals surface area contributed by atoms with Gasteiger partial charge in [0.15, 0.2) is 5.65 Å². The molecule has 4 rings (SSSR count). The van der Waals surface area contributed by atoms with Crippen LogP contribution in [0.25, 0.3) is 16.8 Å². The maximum atomic E-state index is 12.6. The zero-order chi connectivity index (χ0) is 17.2. The van der Waals surface area contributed by atoms with E-state index in [1.807, 2.05) is 24.3 Å². The van der Waals surface area contributed by atoms with Gasteiger partial charge in [0.2, 0.25) is 0 Å². The molecule has 1 fully saturated rings. The van der Waals surface area contributed by atoms with E-state index in [0.29, 0.717) is 16.4 Å². The van der Waals surface area contributed by atoms with Gasteiger partial charge in [0, 0.05) is 22.8 Å². The molecule has 6 heteroatoms. The molecule has 1 amide bonds. The lowest BCUT2D eigenvalue weighted by atomic mass is 9.95. The third-order valence-electron chi connectivity index (χ3n) is 4.68. The minimum Gasteiger partial charge on any atom is -0.348 e. The molecule has 1 aliphatic carbocycles. The fourth-order valence-electron chi connectivity index (χ4n) is 3.36. The summed E-state index contributed by atoms with van der Waals surface area (Å²) in [6, 6.07) is 9.51. The first-order valence-electron chi connectivity index (χ1n) is 8.62. The van der Waals surface area contributed by atoms with Crippen LogP contribution < -0.4 is 5.32 Å². The van der Waals surface area contributed by atoms with Gasteiger partial charge in [0.1, 0.15) is 5.69 Å². The Balaban J connectivity index is 1.65. The van der Waals surface area contributed by atoms with Crippen LogP contribution in [0.3, 0.4) is 0 Å². The van der Waals surface area contributed by atoms with Gasteiger partial charge >= 0.3 is 0 Å². The SMILES string of the molecule is O=C(NC1CCCCC1)c1ccn2ncc(-c3cccc(Cl)c3)c2n1. The van der Waals surface area contributed by atoms with Crippen molar-refractivity contribution in [1.82, 2.24) is 19.9 Å². The van der Waals surface area contributed by atoms with E-state index in [4.69, 9.17) is 11.6 Å². The van der Waals surface area contributed by atoms with Crippen LogP contribution in [-0.2, 0) is 0 Å². The molecule has 0 aliphatic heterocycles. The van der Waals surface area contributed by atoms with Gasteiger partial charge < -0.3 is 5.32 Å². The van der Waals surface area contributed by atoms with E-state index < -0.39 is 0 Å². The van der Waals surface area contributed by atoms with Crippen LogP contribution in [-0.4, -0.2) is 26.5 Å². The highest BCUT2D eigenvalue weighted by atomic mass is 35.5. The second-order valence-electron chi connectivity index (χ2n) is 6.46. The quantitative estimate of drug-likeness (QED) is 0.769. The van der Waals surface area contributed by atoms with Crippen LogP contribution in [0.15, 0.2) is 42.7 Å². The number of aromatic nitrogens is 3. The first-order chi connectivity index (χ1) is 12.2. The van der Waals surface area contributed by atoms with E-state index in [1.165, 1.54) is 19.3 Å². The number of carbonyl (C=O) groups excluding carboxylic acids is 1. The van der Waals surface area contributed by atoms with Gasteiger partial charge in [-0.25, -0.2) is 9.50 Å². The van der Waals surface area contributed by atoms with E-state index in [2.05, 4.69) is 15.4 Å². The Bertz CT molecular complexity index is 915. The Labute approximate surface area is 151 Å². The van der Waals surface area contributed by atoms with Gasteiger partial charge in [-0.1, -0.05) is 43.0 Å². The molecular weight excluding hydrogens is 336 g/mol. The molecule has 1 aromatic carbocycles. The number of hydrogen-bond acceptors (Lipinski definition) is 3. The van der Waals surface area contributed by atoms with Crippen LogP contribution in [0.1, 0.15) is 42.6 Å². The van der Waals surface area contributed by atoms with Crippen molar-refractivity contribution in [3.63, 3.8) is 0 Å². The van der Waals surface area contributed by atoms with E-state index in [1.54, 1.807) is 23.0 Å². The molecule has 0 unspecified atom stereocenters. The summed E-state index contributed by atoms with van der Waals surface area (Å²) in [6.07, 6.45) is 9.24. The molecule has 128 valence electrons. The number of benzene rings is 1. The highest BCUT2D eigenvalue weighted by Crippen LogP contribution is 2.26. The molecule has 5 nitrogen and oxygen atoms in total. The molecule has 2 heterocycles. The predicted molar refractivity (Wildman–Crippen MR) is 97.8 cm³/mol. The van der Waals surface area contributed by atoms with Crippen LogP contribution in [0.5, 0.6) is 0 Å². The minimum atomic E-state index is -0.118. The molecule has 1 N–H and O–H groups in total. The third-order valence-corrected chi connectivity index (χ3v) is 4.91. The third kappa shape index (κ3) is 3.37. The number of amides is 1. The lowest BCUT2D eigenvalue weighted by molar-refractivity contribution is 0.0923. The molecule has 0 saturated heterocycles. The standard InChI is InChI=1S/C19H19ClN4O/c20-14-6-4-5-13(11-14)16-12-21-24-10-9-17(23-18(16)24)19(25)22-15-7-2-1-3-8-15/h4-6,9-12,15H,1-3,7-8H2,(H,22,25). The van der Waals surface area contributed by atoms with Crippen molar-refractivity contribution in [3.8, 4) is 11.1 Å². The molecule has 0 spiro atoms. The summed E-state index contributed by atoms with van der Waals surface area (Å²) in [5.41, 5.74) is 2.86. The van der Waals surface area contributed by atoms with Gasteiger partial charge in [0.25, 0.3) is 5.91 Å². The van der Waals surface area contributed by atoms with Gasteiger partial charge in [-0.2, -0.15) is 5.10 Å². The van der Waals surface area contributed by atoms with Crippen molar-refractivity contribution in [3.05, 3.63) is 53.4 Å². The van der Waals surface area contributed by atoms with Crippen LogP contribution in [0.2, 0.25) is 5.02 Å².